The van der Waals surface area contributed by atoms with Crippen molar-refractivity contribution in [3.05, 3.63) is 59.5 Å². The van der Waals surface area contributed by atoms with Crippen molar-refractivity contribution in [2.45, 2.75) is 24.4 Å². The minimum atomic E-state index is -4.42. The molecule has 8 heteroatoms. The standard InChI is InChI=1S/C18H17F4N3O/c19-14-4-1-12(2-5-14)17(7-8-17)16(26)24-10-9-23-15-6-3-13(11-25-15)18(20,21)22/h1-6,11H,7-10H2,(H,23,25)(H,24,26). The second-order valence-corrected chi connectivity index (χ2v) is 6.20. The lowest BCUT2D eigenvalue weighted by Crippen LogP contribution is -2.37. The monoisotopic (exact) mass is 367 g/mol. The molecule has 0 aliphatic heterocycles. The number of halogens is 4. The number of carbonyl (C=O) groups is 1. The molecule has 0 radical (unpaired) electrons. The summed E-state index contributed by atoms with van der Waals surface area (Å²) in [6.45, 7) is 0.619. The summed E-state index contributed by atoms with van der Waals surface area (Å²) in [6, 6.07) is 8.09. The first kappa shape index (κ1) is 18.2. The van der Waals surface area contributed by atoms with E-state index in [1.807, 2.05) is 0 Å². The highest BCUT2D eigenvalue weighted by molar-refractivity contribution is 5.91. The summed E-state index contributed by atoms with van der Waals surface area (Å²) in [5, 5.41) is 5.66. The molecular weight excluding hydrogens is 350 g/mol. The van der Waals surface area contributed by atoms with E-state index in [-0.39, 0.29) is 11.7 Å². The predicted molar refractivity (Wildman–Crippen MR) is 88.1 cm³/mol. The highest BCUT2D eigenvalue weighted by atomic mass is 19.4. The molecule has 2 N–H and O–H groups in total. The molecule has 4 nitrogen and oxygen atoms in total. The van der Waals surface area contributed by atoms with Crippen LogP contribution in [0.3, 0.4) is 0 Å². The van der Waals surface area contributed by atoms with E-state index in [0.29, 0.717) is 31.7 Å². The van der Waals surface area contributed by atoms with Gasteiger partial charge < -0.3 is 10.6 Å². The number of carbonyl (C=O) groups excluding carboxylic acids is 1. The Balaban J connectivity index is 1.48. The van der Waals surface area contributed by atoms with E-state index in [0.717, 1.165) is 17.8 Å². The van der Waals surface area contributed by atoms with Gasteiger partial charge in [0, 0.05) is 19.3 Å². The van der Waals surface area contributed by atoms with Gasteiger partial charge in [-0.05, 0) is 42.7 Å². The molecule has 1 fully saturated rings. The topological polar surface area (TPSA) is 54.0 Å². The van der Waals surface area contributed by atoms with Gasteiger partial charge in [0.1, 0.15) is 11.6 Å². The average molecular weight is 367 g/mol. The van der Waals surface area contributed by atoms with E-state index in [9.17, 15) is 22.4 Å². The van der Waals surface area contributed by atoms with Gasteiger partial charge in [-0.1, -0.05) is 12.1 Å². The summed E-state index contributed by atoms with van der Waals surface area (Å²) in [7, 11) is 0. The first-order chi connectivity index (χ1) is 12.3. The number of amides is 1. The van der Waals surface area contributed by atoms with Crippen molar-refractivity contribution < 1.29 is 22.4 Å². The van der Waals surface area contributed by atoms with Crippen molar-refractivity contribution in [1.29, 1.82) is 0 Å². The third-order valence-electron chi connectivity index (χ3n) is 4.39. The van der Waals surface area contributed by atoms with Crippen molar-refractivity contribution in [2.24, 2.45) is 0 Å². The number of hydrogen-bond acceptors (Lipinski definition) is 3. The van der Waals surface area contributed by atoms with E-state index in [1.54, 1.807) is 12.1 Å². The molecule has 1 aromatic heterocycles. The summed E-state index contributed by atoms with van der Waals surface area (Å²) in [4.78, 5) is 16.1. The summed E-state index contributed by atoms with van der Waals surface area (Å²) in [5.41, 5.74) is -0.625. The lowest BCUT2D eigenvalue weighted by Gasteiger charge is -2.16. The molecule has 1 saturated carbocycles. The molecule has 3 rings (SSSR count). The molecule has 0 saturated heterocycles. The van der Waals surface area contributed by atoms with Gasteiger partial charge in [-0.2, -0.15) is 13.2 Å². The summed E-state index contributed by atoms with van der Waals surface area (Å²) in [6.07, 6.45) is -2.25. The van der Waals surface area contributed by atoms with E-state index < -0.39 is 17.2 Å². The zero-order valence-corrected chi connectivity index (χ0v) is 13.7. The van der Waals surface area contributed by atoms with Crippen molar-refractivity contribution in [1.82, 2.24) is 10.3 Å². The highest BCUT2D eigenvalue weighted by Crippen LogP contribution is 2.48. The maximum atomic E-state index is 13.0. The van der Waals surface area contributed by atoms with Crippen LogP contribution in [-0.4, -0.2) is 24.0 Å². The van der Waals surface area contributed by atoms with Crippen LogP contribution in [-0.2, 0) is 16.4 Å². The number of aromatic nitrogens is 1. The molecule has 0 atom stereocenters. The maximum absolute atomic E-state index is 13.0. The number of anilines is 1. The van der Waals surface area contributed by atoms with Crippen molar-refractivity contribution >= 4 is 11.7 Å². The second-order valence-electron chi connectivity index (χ2n) is 6.20. The van der Waals surface area contributed by atoms with Gasteiger partial charge in [-0.25, -0.2) is 9.37 Å². The van der Waals surface area contributed by atoms with Gasteiger partial charge in [-0.15, -0.1) is 0 Å². The van der Waals surface area contributed by atoms with Crippen LogP contribution in [0.15, 0.2) is 42.6 Å². The fraction of sp³-hybridized carbons (Fsp3) is 0.333. The Labute approximate surface area is 147 Å². The van der Waals surface area contributed by atoms with E-state index in [4.69, 9.17) is 0 Å². The summed E-state index contributed by atoms with van der Waals surface area (Å²) >= 11 is 0. The molecule has 1 aliphatic rings. The number of nitrogens with zero attached hydrogens (tertiary/aromatic N) is 1. The third-order valence-corrected chi connectivity index (χ3v) is 4.39. The quantitative estimate of drug-likeness (QED) is 0.607. The lowest BCUT2D eigenvalue weighted by atomic mass is 9.95. The van der Waals surface area contributed by atoms with Gasteiger partial charge in [0.2, 0.25) is 5.91 Å². The number of benzene rings is 1. The molecule has 26 heavy (non-hydrogen) atoms. The Morgan fingerprint density at radius 3 is 2.31 bits per heavy atom. The van der Waals surface area contributed by atoms with Gasteiger partial charge in [0.05, 0.1) is 11.0 Å². The number of hydrogen-bond donors (Lipinski definition) is 2. The Hall–Kier alpha value is -2.64. The number of alkyl halides is 3. The fourth-order valence-corrected chi connectivity index (χ4v) is 2.74. The zero-order valence-electron chi connectivity index (χ0n) is 13.7. The summed E-state index contributed by atoms with van der Waals surface area (Å²) < 4.78 is 50.4. The van der Waals surface area contributed by atoms with Crippen molar-refractivity contribution in [2.75, 3.05) is 18.4 Å². The van der Waals surface area contributed by atoms with Crippen LogP contribution in [0.25, 0.3) is 0 Å². The number of pyridine rings is 1. The Morgan fingerprint density at radius 1 is 1.08 bits per heavy atom. The van der Waals surface area contributed by atoms with Crippen LogP contribution in [0.2, 0.25) is 0 Å². The first-order valence-electron chi connectivity index (χ1n) is 8.13. The molecular formula is C18H17F4N3O. The SMILES string of the molecule is O=C(NCCNc1ccc(C(F)(F)F)cn1)C1(c2ccc(F)cc2)CC1. The smallest absolute Gasteiger partial charge is 0.368 e. The molecule has 1 heterocycles. The van der Waals surface area contributed by atoms with E-state index >= 15 is 0 Å². The second kappa shape index (κ2) is 6.93. The lowest BCUT2D eigenvalue weighted by molar-refractivity contribution is -0.137. The normalized spacial score (nSPS) is 15.4. The minimum absolute atomic E-state index is 0.133. The fourth-order valence-electron chi connectivity index (χ4n) is 2.74. The van der Waals surface area contributed by atoms with E-state index in [2.05, 4.69) is 15.6 Å². The molecule has 1 aliphatic carbocycles. The third kappa shape index (κ3) is 3.95. The van der Waals surface area contributed by atoms with Crippen molar-refractivity contribution in [3.63, 3.8) is 0 Å². The minimum Gasteiger partial charge on any atom is -0.368 e. The Kier molecular flexibility index (Phi) is 4.84. The molecule has 0 bridgehead atoms. The Bertz CT molecular complexity index is 769. The van der Waals surface area contributed by atoms with Gasteiger partial charge >= 0.3 is 6.18 Å². The number of rotatable bonds is 6. The van der Waals surface area contributed by atoms with Crippen LogP contribution in [0.5, 0.6) is 0 Å². The first-order valence-corrected chi connectivity index (χ1v) is 8.13. The predicted octanol–water partition coefficient (Wildman–Crippen LogP) is 3.50. The average Bonchev–Trinajstić information content (AvgIpc) is 3.41. The van der Waals surface area contributed by atoms with Crippen LogP contribution >= 0.6 is 0 Å². The molecule has 2 aromatic rings. The molecule has 1 amide bonds. The Morgan fingerprint density at radius 2 is 1.77 bits per heavy atom. The molecule has 0 unspecified atom stereocenters. The maximum Gasteiger partial charge on any atom is 0.417 e. The van der Waals surface area contributed by atoms with Gasteiger partial charge in [0.25, 0.3) is 0 Å². The largest absolute Gasteiger partial charge is 0.417 e. The molecule has 138 valence electrons. The van der Waals surface area contributed by atoms with Crippen LogP contribution in [0.4, 0.5) is 23.4 Å². The van der Waals surface area contributed by atoms with E-state index in [1.165, 1.54) is 18.2 Å². The number of nitrogens with one attached hydrogen (secondary N) is 2. The zero-order chi connectivity index (χ0) is 18.8. The van der Waals surface area contributed by atoms with Crippen LogP contribution < -0.4 is 10.6 Å². The highest BCUT2D eigenvalue weighted by Gasteiger charge is 2.50. The molecule has 1 aromatic carbocycles. The molecule has 0 spiro atoms. The van der Waals surface area contributed by atoms with Gasteiger partial charge in [-0.3, -0.25) is 4.79 Å². The van der Waals surface area contributed by atoms with Crippen LogP contribution in [0.1, 0.15) is 24.0 Å². The van der Waals surface area contributed by atoms with Gasteiger partial charge in [0.15, 0.2) is 0 Å². The van der Waals surface area contributed by atoms with Crippen molar-refractivity contribution in [3.8, 4) is 0 Å². The summed E-state index contributed by atoms with van der Waals surface area (Å²) in [5.74, 6) is -0.184. The van der Waals surface area contributed by atoms with Crippen LogP contribution in [0, 0.1) is 5.82 Å².